The standard InChI is InChI=1S/2C32H54N4.4HI/c2*1-33(21-25-35(3,26-22-33)29-31-15-9-7-10-16-31)19-13-5-6-14-20-34(2)23-27-36(4,28-24-34)30-32-17-11-8-12-18-32;;;;/h2*7-12,15-18H,5-6,13-14,19-30H2,1-4H3;4*1H/q2*+4;;;;/p-4. The van der Waals surface area contributed by atoms with Gasteiger partial charge in [-0.15, -0.1) is 0 Å². The van der Waals surface area contributed by atoms with Gasteiger partial charge in [-0.3, -0.25) is 0 Å². The number of hydrogen-bond donors (Lipinski definition) is 0. The highest BCUT2D eigenvalue weighted by Crippen LogP contribution is 2.25. The average molecular weight is 1500 g/mol. The van der Waals surface area contributed by atoms with E-state index in [1.54, 1.807) is 0 Å². The minimum atomic E-state index is 0. The number of quaternary nitrogens is 8. The number of piperazine rings is 4. The summed E-state index contributed by atoms with van der Waals surface area (Å²) in [5, 5.41) is 0. The van der Waals surface area contributed by atoms with Crippen molar-refractivity contribution in [2.45, 2.75) is 77.5 Å². The Morgan fingerprint density at radius 2 is 0.355 bits per heavy atom. The number of rotatable bonds is 22. The first-order chi connectivity index (χ1) is 34.4. The molecule has 0 N–H and O–H groups in total. The Bertz CT molecular complexity index is 1840. The van der Waals surface area contributed by atoms with Crippen molar-refractivity contribution in [3.05, 3.63) is 144 Å². The Kier molecular flexibility index (Phi) is 29.7. The lowest BCUT2D eigenvalue weighted by Crippen LogP contribution is -3.00. The summed E-state index contributed by atoms with van der Waals surface area (Å²) in [5.41, 5.74) is 5.95. The van der Waals surface area contributed by atoms with Gasteiger partial charge >= 0.3 is 0 Å². The molecule has 0 saturated carbocycles. The van der Waals surface area contributed by atoms with Gasteiger partial charge in [-0.1, -0.05) is 121 Å². The van der Waals surface area contributed by atoms with Gasteiger partial charge < -0.3 is 132 Å². The third-order valence-corrected chi connectivity index (χ3v) is 19.4. The molecule has 4 aliphatic heterocycles. The van der Waals surface area contributed by atoms with Crippen molar-refractivity contribution in [1.82, 2.24) is 0 Å². The molecule has 12 heteroatoms. The van der Waals surface area contributed by atoms with Crippen molar-refractivity contribution in [3.8, 4) is 0 Å². The predicted octanol–water partition coefficient (Wildman–Crippen LogP) is -2.46. The van der Waals surface area contributed by atoms with Gasteiger partial charge in [0.05, 0.1) is 82.6 Å². The van der Waals surface area contributed by atoms with Crippen LogP contribution in [0.3, 0.4) is 0 Å². The van der Waals surface area contributed by atoms with Crippen LogP contribution < -0.4 is 95.9 Å². The zero-order valence-corrected chi connectivity index (χ0v) is 57.9. The molecular weight excluding hydrogens is 1390 g/mol. The zero-order valence-electron chi connectivity index (χ0n) is 49.3. The van der Waals surface area contributed by atoms with Crippen molar-refractivity contribution < 1.29 is 132 Å². The monoisotopic (exact) mass is 1500 g/mol. The maximum absolute atomic E-state index is 2.51. The molecule has 0 radical (unpaired) electrons. The van der Waals surface area contributed by atoms with E-state index in [0.717, 1.165) is 0 Å². The van der Waals surface area contributed by atoms with E-state index in [1.165, 1.54) is 267 Å². The molecule has 0 amide bonds. The second-order valence-electron chi connectivity index (χ2n) is 26.8. The summed E-state index contributed by atoms with van der Waals surface area (Å²) in [4.78, 5) is 0. The lowest BCUT2D eigenvalue weighted by atomic mass is 10.1. The lowest BCUT2D eigenvalue weighted by Gasteiger charge is -2.46. The fraction of sp³-hybridized carbons (Fsp3) is 0.625. The number of halogens is 4. The molecular formula is C64H108I4N8+4. The van der Waals surface area contributed by atoms with Crippen LogP contribution in [0.15, 0.2) is 121 Å². The highest BCUT2D eigenvalue weighted by atomic mass is 127. The lowest BCUT2D eigenvalue weighted by molar-refractivity contribution is -1.02. The Hall–Kier alpha value is -0.520. The molecule has 0 aromatic heterocycles. The summed E-state index contributed by atoms with van der Waals surface area (Å²) < 4.78 is 9.97. The van der Waals surface area contributed by atoms with Crippen molar-refractivity contribution in [2.75, 3.05) is 187 Å². The summed E-state index contributed by atoms with van der Waals surface area (Å²) in [5.74, 6) is 0. The average Bonchev–Trinajstić information content (AvgIpc) is 3.37. The van der Waals surface area contributed by atoms with Crippen molar-refractivity contribution in [2.24, 2.45) is 0 Å². The highest BCUT2D eigenvalue weighted by Gasteiger charge is 2.40. The first-order valence-corrected chi connectivity index (χ1v) is 29.2. The van der Waals surface area contributed by atoms with Crippen LogP contribution in [0.25, 0.3) is 0 Å². The number of likely N-dealkylation sites (N-methyl/N-ethyl adjacent to an activating group) is 8. The van der Waals surface area contributed by atoms with Gasteiger partial charge in [0, 0.05) is 22.3 Å². The van der Waals surface area contributed by atoms with Gasteiger partial charge in [-0.05, 0) is 51.4 Å². The van der Waals surface area contributed by atoms with Gasteiger partial charge in [0.2, 0.25) is 0 Å². The van der Waals surface area contributed by atoms with Crippen LogP contribution in [0, 0.1) is 0 Å². The van der Waals surface area contributed by atoms with Gasteiger partial charge in [0.25, 0.3) is 0 Å². The van der Waals surface area contributed by atoms with E-state index in [4.69, 9.17) is 0 Å². The largest absolute Gasteiger partial charge is 1.00 e. The summed E-state index contributed by atoms with van der Waals surface area (Å²) in [6, 6.07) is 44.3. The molecule has 4 aromatic carbocycles. The number of benzene rings is 4. The molecule has 76 heavy (non-hydrogen) atoms. The number of hydrogen-bond acceptors (Lipinski definition) is 0. The molecule has 4 heterocycles. The molecule has 0 atom stereocenters. The fourth-order valence-electron chi connectivity index (χ4n) is 13.1. The fourth-order valence-corrected chi connectivity index (χ4v) is 13.1. The minimum absolute atomic E-state index is 0. The Balaban J connectivity index is 0.000000380. The second kappa shape index (κ2) is 32.4. The van der Waals surface area contributed by atoms with Crippen molar-refractivity contribution >= 4 is 0 Å². The van der Waals surface area contributed by atoms with E-state index < -0.39 is 0 Å². The topological polar surface area (TPSA) is 0 Å². The first kappa shape index (κ1) is 69.7. The molecule has 428 valence electrons. The Morgan fingerprint density at radius 3 is 0.513 bits per heavy atom. The summed E-state index contributed by atoms with van der Waals surface area (Å²) in [6.07, 6.45) is 11.2. The first-order valence-electron chi connectivity index (χ1n) is 29.2. The molecule has 4 aromatic rings. The molecule has 0 bridgehead atoms. The smallest absolute Gasteiger partial charge is 0.129 e. The minimum Gasteiger partial charge on any atom is -1.00 e. The predicted molar refractivity (Wildman–Crippen MR) is 304 cm³/mol. The van der Waals surface area contributed by atoms with Crippen molar-refractivity contribution in [1.29, 1.82) is 0 Å². The van der Waals surface area contributed by atoms with Crippen LogP contribution in [0.2, 0.25) is 0 Å². The van der Waals surface area contributed by atoms with Gasteiger partial charge in [0.1, 0.15) is 131 Å². The van der Waals surface area contributed by atoms with E-state index >= 15 is 0 Å². The van der Waals surface area contributed by atoms with Crippen LogP contribution in [0.4, 0.5) is 0 Å². The Labute approximate surface area is 535 Å². The molecule has 4 fully saturated rings. The zero-order chi connectivity index (χ0) is 51.1. The maximum atomic E-state index is 2.51. The van der Waals surface area contributed by atoms with Crippen LogP contribution in [-0.2, 0) is 26.2 Å². The third-order valence-electron chi connectivity index (χ3n) is 19.4. The van der Waals surface area contributed by atoms with E-state index in [2.05, 4.69) is 178 Å². The highest BCUT2D eigenvalue weighted by molar-refractivity contribution is 5.15. The van der Waals surface area contributed by atoms with E-state index in [1.807, 2.05) is 0 Å². The van der Waals surface area contributed by atoms with Gasteiger partial charge in [-0.25, -0.2) is 0 Å². The molecule has 0 unspecified atom stereocenters. The second-order valence-corrected chi connectivity index (χ2v) is 26.8. The normalized spacial score (nSPS) is 31.2. The van der Waals surface area contributed by atoms with Crippen molar-refractivity contribution in [3.63, 3.8) is 0 Å². The molecule has 4 aliphatic rings. The number of nitrogens with zero attached hydrogens (tertiary/aromatic N) is 8. The van der Waals surface area contributed by atoms with Gasteiger partial charge in [-0.2, -0.15) is 0 Å². The van der Waals surface area contributed by atoms with E-state index in [9.17, 15) is 0 Å². The SMILES string of the molecule is C[N+]1(CCCCCC[N+]2(C)CC[N+](C)(Cc3ccccc3)CC2)CC[N+](C)(Cc2ccccc2)CC1.C[N+]1(CCCCCC[N+]2(C)CC[N+](C)(Cc3ccccc3)CC2)CC[N+](C)(Cc2ccccc2)CC1.[I-].[I-].[I-].[I-]. The van der Waals surface area contributed by atoms with Gasteiger partial charge in [0.15, 0.2) is 0 Å². The van der Waals surface area contributed by atoms with Crippen LogP contribution in [0.1, 0.15) is 73.6 Å². The maximum Gasteiger partial charge on any atom is 0.129 e. The van der Waals surface area contributed by atoms with Crippen LogP contribution >= 0.6 is 0 Å². The molecule has 0 spiro atoms. The Morgan fingerprint density at radius 1 is 0.211 bits per heavy atom. The van der Waals surface area contributed by atoms with E-state index in [0.29, 0.717) is 0 Å². The molecule has 4 saturated heterocycles. The van der Waals surface area contributed by atoms with E-state index in [-0.39, 0.29) is 95.9 Å². The molecule has 8 nitrogen and oxygen atoms in total. The van der Waals surface area contributed by atoms with Crippen LogP contribution in [-0.4, -0.2) is 223 Å². The summed E-state index contributed by atoms with van der Waals surface area (Å²) in [6.45, 7) is 31.3. The molecule has 0 aliphatic carbocycles. The third kappa shape index (κ3) is 23.0. The summed E-state index contributed by atoms with van der Waals surface area (Å²) in [7, 11) is 19.9. The summed E-state index contributed by atoms with van der Waals surface area (Å²) >= 11 is 0. The molecule has 8 rings (SSSR count). The quantitative estimate of drug-likeness (QED) is 0.0467. The van der Waals surface area contributed by atoms with Crippen LogP contribution in [0.5, 0.6) is 0 Å². The number of unbranched alkanes of at least 4 members (excludes halogenated alkanes) is 6.